The van der Waals surface area contributed by atoms with E-state index in [1.165, 1.54) is 0 Å². The molecular weight excluding hydrogens is 257 g/mol. The van der Waals surface area contributed by atoms with Crippen LogP contribution in [0, 0.1) is 0 Å². The van der Waals surface area contributed by atoms with E-state index in [1.54, 1.807) is 4.98 Å². The Labute approximate surface area is 91.0 Å². The van der Waals surface area contributed by atoms with Crippen molar-refractivity contribution in [2.24, 2.45) is 0 Å². The zero-order chi connectivity index (χ0) is 12.5. The van der Waals surface area contributed by atoms with Gasteiger partial charge in [0.2, 0.25) is 0 Å². The third-order valence-corrected chi connectivity index (χ3v) is 2.16. The summed E-state index contributed by atoms with van der Waals surface area (Å²) >= 11 is 5.18. The van der Waals surface area contributed by atoms with E-state index in [9.17, 15) is 26.7 Å². The first kappa shape index (κ1) is 13.0. The van der Waals surface area contributed by atoms with Gasteiger partial charge in [0.1, 0.15) is 0 Å². The molecule has 0 aliphatic heterocycles. The number of rotatable bonds is 2. The Kier molecular flexibility index (Phi) is 3.57. The molecule has 1 aromatic heterocycles. The maximum Gasteiger partial charge on any atom is 0.418 e. The van der Waals surface area contributed by atoms with E-state index in [0.717, 1.165) is 0 Å². The second-order valence-electron chi connectivity index (χ2n) is 2.86. The molecule has 0 saturated carbocycles. The topological polar surface area (TPSA) is 32.9 Å². The van der Waals surface area contributed by atoms with Crippen LogP contribution in [0.15, 0.2) is 11.0 Å². The van der Waals surface area contributed by atoms with Gasteiger partial charge in [-0.3, -0.25) is 4.79 Å². The van der Waals surface area contributed by atoms with E-state index in [-0.39, 0.29) is 6.20 Å². The molecule has 1 N–H and O–H groups in total. The predicted molar refractivity (Wildman–Crippen MR) is 46.6 cm³/mol. The normalized spacial score (nSPS) is 12.2. The van der Waals surface area contributed by atoms with Crippen LogP contribution in [-0.4, -0.2) is 4.98 Å². The van der Waals surface area contributed by atoms with Gasteiger partial charge >= 0.3 is 6.18 Å². The van der Waals surface area contributed by atoms with E-state index in [0.29, 0.717) is 0 Å². The molecule has 0 spiro atoms. The highest BCUT2D eigenvalue weighted by Crippen LogP contribution is 2.36. The van der Waals surface area contributed by atoms with Gasteiger partial charge in [-0.2, -0.15) is 13.2 Å². The SMILES string of the molecule is O=c1[nH]cc(C(F)(F)F)c(C(F)F)c1CCl. The van der Waals surface area contributed by atoms with Crippen LogP contribution >= 0.6 is 11.6 Å². The molecular formula is C8H5ClF5NO. The van der Waals surface area contributed by atoms with E-state index < -0.39 is 40.7 Å². The van der Waals surface area contributed by atoms with Crippen molar-refractivity contribution in [3.8, 4) is 0 Å². The molecule has 16 heavy (non-hydrogen) atoms. The molecule has 0 aliphatic rings. The summed E-state index contributed by atoms with van der Waals surface area (Å²) in [5.41, 5.74) is -4.73. The van der Waals surface area contributed by atoms with Crippen LogP contribution < -0.4 is 5.56 Å². The summed E-state index contributed by atoms with van der Waals surface area (Å²) in [4.78, 5) is 12.7. The van der Waals surface area contributed by atoms with Crippen molar-refractivity contribution >= 4 is 11.6 Å². The highest BCUT2D eigenvalue weighted by molar-refractivity contribution is 6.17. The van der Waals surface area contributed by atoms with Crippen molar-refractivity contribution in [3.63, 3.8) is 0 Å². The van der Waals surface area contributed by atoms with Crippen LogP contribution in [0.25, 0.3) is 0 Å². The van der Waals surface area contributed by atoms with Gasteiger partial charge in [0.25, 0.3) is 12.0 Å². The van der Waals surface area contributed by atoms with Crippen LogP contribution in [0.3, 0.4) is 0 Å². The molecule has 1 rings (SSSR count). The first-order valence-electron chi connectivity index (χ1n) is 3.94. The fourth-order valence-corrected chi connectivity index (χ4v) is 1.47. The molecule has 2 nitrogen and oxygen atoms in total. The van der Waals surface area contributed by atoms with Crippen molar-refractivity contribution < 1.29 is 22.0 Å². The minimum absolute atomic E-state index is 0.222. The monoisotopic (exact) mass is 261 g/mol. The lowest BCUT2D eigenvalue weighted by molar-refractivity contribution is -0.139. The van der Waals surface area contributed by atoms with Gasteiger partial charge < -0.3 is 4.98 Å². The zero-order valence-corrected chi connectivity index (χ0v) is 8.29. The predicted octanol–water partition coefficient (Wildman–Crippen LogP) is 3.07. The number of aromatic amines is 1. The number of hydrogen-bond donors (Lipinski definition) is 1. The van der Waals surface area contributed by atoms with Crippen molar-refractivity contribution in [2.75, 3.05) is 0 Å². The molecule has 1 heterocycles. The summed E-state index contributed by atoms with van der Waals surface area (Å²) in [5, 5.41) is 0. The average molecular weight is 262 g/mol. The van der Waals surface area contributed by atoms with E-state index >= 15 is 0 Å². The lowest BCUT2D eigenvalue weighted by Crippen LogP contribution is -2.21. The number of nitrogens with one attached hydrogen (secondary N) is 1. The first-order chi connectivity index (χ1) is 7.29. The Balaban J connectivity index is 3.58. The Morgan fingerprint density at radius 2 is 1.94 bits per heavy atom. The van der Waals surface area contributed by atoms with E-state index in [2.05, 4.69) is 0 Å². The summed E-state index contributed by atoms with van der Waals surface area (Å²) in [6, 6.07) is 0. The van der Waals surface area contributed by atoms with Crippen LogP contribution in [0.4, 0.5) is 22.0 Å². The Morgan fingerprint density at radius 3 is 2.31 bits per heavy atom. The maximum absolute atomic E-state index is 12.5. The molecule has 90 valence electrons. The van der Waals surface area contributed by atoms with Crippen molar-refractivity contribution in [3.05, 3.63) is 33.2 Å². The van der Waals surface area contributed by atoms with Crippen molar-refractivity contribution in [2.45, 2.75) is 18.5 Å². The standard InChI is InChI=1S/C8H5ClF5NO/c9-1-3-5(6(10)11)4(8(12,13)14)2-15-7(3)16/h2,6H,1H2,(H,15,16). The highest BCUT2D eigenvalue weighted by atomic mass is 35.5. The molecule has 8 heteroatoms. The quantitative estimate of drug-likeness (QED) is 0.644. The van der Waals surface area contributed by atoms with Crippen LogP contribution in [-0.2, 0) is 12.1 Å². The number of hydrogen-bond acceptors (Lipinski definition) is 1. The molecule has 0 aliphatic carbocycles. The van der Waals surface area contributed by atoms with Crippen molar-refractivity contribution in [1.82, 2.24) is 4.98 Å². The smallest absolute Gasteiger partial charge is 0.328 e. The fourth-order valence-electron chi connectivity index (χ4n) is 1.20. The molecule has 0 fully saturated rings. The molecule has 0 radical (unpaired) electrons. The van der Waals surface area contributed by atoms with Crippen molar-refractivity contribution in [1.29, 1.82) is 0 Å². The van der Waals surface area contributed by atoms with Gasteiger partial charge in [0.05, 0.1) is 11.4 Å². The fraction of sp³-hybridized carbons (Fsp3) is 0.375. The van der Waals surface area contributed by atoms with Gasteiger partial charge in [-0.1, -0.05) is 0 Å². The number of halogens is 6. The Hall–Kier alpha value is -1.11. The number of pyridine rings is 1. The molecule has 1 aromatic rings. The van der Waals surface area contributed by atoms with Crippen LogP contribution in [0.1, 0.15) is 23.1 Å². The third-order valence-electron chi connectivity index (χ3n) is 1.89. The Bertz CT molecular complexity index is 439. The Morgan fingerprint density at radius 1 is 1.38 bits per heavy atom. The maximum atomic E-state index is 12.5. The largest absolute Gasteiger partial charge is 0.418 e. The van der Waals surface area contributed by atoms with Gasteiger partial charge in [0.15, 0.2) is 0 Å². The summed E-state index contributed by atoms with van der Waals surface area (Å²) in [6.07, 6.45) is -8.15. The van der Waals surface area contributed by atoms with Gasteiger partial charge in [-0.25, -0.2) is 8.78 Å². The zero-order valence-electron chi connectivity index (χ0n) is 7.54. The minimum atomic E-state index is -4.96. The van der Waals surface area contributed by atoms with E-state index in [4.69, 9.17) is 11.6 Å². The summed E-state index contributed by atoms with van der Waals surface area (Å²) in [7, 11) is 0. The lowest BCUT2D eigenvalue weighted by Gasteiger charge is -2.14. The van der Waals surface area contributed by atoms with Gasteiger partial charge in [-0.05, 0) is 0 Å². The first-order valence-corrected chi connectivity index (χ1v) is 4.48. The molecule has 0 aromatic carbocycles. The van der Waals surface area contributed by atoms with Crippen LogP contribution in [0.2, 0.25) is 0 Å². The van der Waals surface area contributed by atoms with Gasteiger partial charge in [-0.15, -0.1) is 11.6 Å². The second-order valence-corrected chi connectivity index (χ2v) is 3.12. The molecule has 0 saturated heterocycles. The third kappa shape index (κ3) is 2.34. The minimum Gasteiger partial charge on any atom is -0.328 e. The molecule has 0 amide bonds. The second kappa shape index (κ2) is 4.40. The summed E-state index contributed by atoms with van der Waals surface area (Å²) < 4.78 is 62.0. The molecule has 0 bridgehead atoms. The number of alkyl halides is 6. The summed E-state index contributed by atoms with van der Waals surface area (Å²) in [5.74, 6) is -0.709. The lowest BCUT2D eigenvalue weighted by atomic mass is 10.1. The van der Waals surface area contributed by atoms with Crippen LogP contribution in [0.5, 0.6) is 0 Å². The average Bonchev–Trinajstić information content (AvgIpc) is 2.14. The van der Waals surface area contributed by atoms with Gasteiger partial charge in [0, 0.05) is 17.3 Å². The molecule has 0 atom stereocenters. The number of aromatic nitrogens is 1. The van der Waals surface area contributed by atoms with E-state index in [1.807, 2.05) is 0 Å². The molecule has 0 unspecified atom stereocenters. The summed E-state index contributed by atoms with van der Waals surface area (Å²) in [6.45, 7) is 0. The number of H-pyrrole nitrogens is 1. The highest BCUT2D eigenvalue weighted by Gasteiger charge is 2.37.